The zero-order chi connectivity index (χ0) is 14.5. The molecule has 2 aromatic carbocycles. The summed E-state index contributed by atoms with van der Waals surface area (Å²) in [6.45, 7) is 0. The molecule has 0 spiro atoms. The van der Waals surface area contributed by atoms with Gasteiger partial charge in [-0.3, -0.25) is 0 Å². The Morgan fingerprint density at radius 1 is 0.952 bits per heavy atom. The van der Waals surface area contributed by atoms with E-state index in [0.29, 0.717) is 12.8 Å². The van der Waals surface area contributed by atoms with E-state index in [9.17, 15) is 4.79 Å². The summed E-state index contributed by atoms with van der Waals surface area (Å²) < 4.78 is 1.94. The van der Waals surface area contributed by atoms with Crippen LogP contribution in [-0.2, 0) is 11.2 Å². The fourth-order valence-electron chi connectivity index (χ4n) is 2.34. The zero-order valence-corrected chi connectivity index (χ0v) is 11.6. The number of carbonyl (C=O) groups is 1. The van der Waals surface area contributed by atoms with Crippen molar-refractivity contribution in [3.63, 3.8) is 0 Å². The van der Waals surface area contributed by atoms with Gasteiger partial charge in [0.1, 0.15) is 6.29 Å². The van der Waals surface area contributed by atoms with Crippen LogP contribution in [0.5, 0.6) is 0 Å². The highest BCUT2D eigenvalue weighted by Gasteiger charge is 2.11. The fourth-order valence-corrected chi connectivity index (χ4v) is 2.34. The molecule has 0 saturated carbocycles. The molecule has 1 heterocycles. The summed E-state index contributed by atoms with van der Waals surface area (Å²) in [5, 5.41) is 4.65. The minimum atomic E-state index is 0.500. The summed E-state index contributed by atoms with van der Waals surface area (Å²) in [6.07, 6.45) is 2.10. The molecule has 0 aliphatic carbocycles. The van der Waals surface area contributed by atoms with Gasteiger partial charge in [0, 0.05) is 12.0 Å². The molecule has 0 unspecified atom stereocenters. The van der Waals surface area contributed by atoms with Crippen LogP contribution in [-0.4, -0.2) is 16.1 Å². The Balaban J connectivity index is 2.08. The largest absolute Gasteiger partial charge is 0.303 e. The van der Waals surface area contributed by atoms with E-state index in [4.69, 9.17) is 0 Å². The van der Waals surface area contributed by atoms with Crippen LogP contribution in [0.2, 0.25) is 0 Å². The third-order valence-electron chi connectivity index (χ3n) is 3.35. The molecule has 0 N–H and O–H groups in total. The number of aldehydes is 1. The van der Waals surface area contributed by atoms with E-state index in [0.717, 1.165) is 28.9 Å². The van der Waals surface area contributed by atoms with Crippen molar-refractivity contribution in [3.05, 3.63) is 72.4 Å². The van der Waals surface area contributed by atoms with Crippen molar-refractivity contribution in [1.29, 1.82) is 0 Å². The highest BCUT2D eigenvalue weighted by atomic mass is 16.1. The first-order valence-electron chi connectivity index (χ1n) is 7.02. The molecule has 3 rings (SSSR count). The smallest absolute Gasteiger partial charge is 0.120 e. The molecule has 0 radical (unpaired) electrons. The molecular formula is C18H16N2O. The van der Waals surface area contributed by atoms with E-state index in [-0.39, 0.29) is 0 Å². The topological polar surface area (TPSA) is 34.9 Å². The van der Waals surface area contributed by atoms with Crippen molar-refractivity contribution in [2.75, 3.05) is 0 Å². The summed E-state index contributed by atoms with van der Waals surface area (Å²) >= 11 is 0. The Morgan fingerprint density at radius 2 is 1.62 bits per heavy atom. The van der Waals surface area contributed by atoms with E-state index in [1.165, 1.54) is 0 Å². The van der Waals surface area contributed by atoms with Crippen molar-refractivity contribution >= 4 is 6.29 Å². The summed E-state index contributed by atoms with van der Waals surface area (Å²) in [4.78, 5) is 10.6. The van der Waals surface area contributed by atoms with Crippen LogP contribution in [0.15, 0.2) is 66.7 Å². The molecule has 0 amide bonds. The second-order valence-electron chi connectivity index (χ2n) is 4.84. The summed E-state index contributed by atoms with van der Waals surface area (Å²) in [5.74, 6) is 0. The molecular weight excluding hydrogens is 260 g/mol. The Kier molecular flexibility index (Phi) is 3.92. The lowest BCUT2D eigenvalue weighted by molar-refractivity contribution is -0.107. The van der Waals surface area contributed by atoms with Gasteiger partial charge in [-0.1, -0.05) is 48.5 Å². The van der Waals surface area contributed by atoms with E-state index < -0.39 is 0 Å². The lowest BCUT2D eigenvalue weighted by Crippen LogP contribution is -1.99. The number of benzene rings is 2. The average molecular weight is 276 g/mol. The highest BCUT2D eigenvalue weighted by molar-refractivity contribution is 5.62. The maximum Gasteiger partial charge on any atom is 0.120 e. The molecule has 3 heteroatoms. The standard InChI is InChI=1S/C18H16N2O/c21-13-7-10-16-14-18(15-8-3-1-4-9-15)20(19-16)17-11-5-2-6-12-17/h1-6,8-9,11-14H,7,10H2. The normalized spacial score (nSPS) is 10.5. The molecule has 0 fully saturated rings. The maximum atomic E-state index is 10.6. The highest BCUT2D eigenvalue weighted by Crippen LogP contribution is 2.24. The van der Waals surface area contributed by atoms with Gasteiger partial charge in [-0.25, -0.2) is 4.68 Å². The van der Waals surface area contributed by atoms with E-state index in [1.807, 2.05) is 53.2 Å². The Labute approximate surface area is 123 Å². The number of hydrogen-bond donors (Lipinski definition) is 0. The van der Waals surface area contributed by atoms with Crippen LogP contribution in [0.4, 0.5) is 0 Å². The van der Waals surface area contributed by atoms with Crippen LogP contribution in [0.3, 0.4) is 0 Å². The summed E-state index contributed by atoms with van der Waals surface area (Å²) in [5.41, 5.74) is 4.12. The van der Waals surface area contributed by atoms with Gasteiger partial charge in [0.05, 0.1) is 17.1 Å². The molecule has 0 aliphatic heterocycles. The van der Waals surface area contributed by atoms with Gasteiger partial charge in [0.15, 0.2) is 0 Å². The number of nitrogens with zero attached hydrogens (tertiary/aromatic N) is 2. The molecule has 104 valence electrons. The predicted molar refractivity (Wildman–Crippen MR) is 83.4 cm³/mol. The second kappa shape index (κ2) is 6.18. The van der Waals surface area contributed by atoms with E-state index >= 15 is 0 Å². The number of rotatable bonds is 5. The van der Waals surface area contributed by atoms with Gasteiger partial charge in [-0.15, -0.1) is 0 Å². The molecule has 0 atom stereocenters. The minimum absolute atomic E-state index is 0.500. The molecule has 21 heavy (non-hydrogen) atoms. The fraction of sp³-hybridized carbons (Fsp3) is 0.111. The molecule has 0 aliphatic rings. The van der Waals surface area contributed by atoms with Crippen molar-refractivity contribution in [3.8, 4) is 16.9 Å². The van der Waals surface area contributed by atoms with Crippen LogP contribution in [0.25, 0.3) is 16.9 Å². The maximum absolute atomic E-state index is 10.6. The van der Waals surface area contributed by atoms with Crippen LogP contribution in [0.1, 0.15) is 12.1 Å². The van der Waals surface area contributed by atoms with Crippen LogP contribution >= 0.6 is 0 Å². The molecule has 3 aromatic rings. The van der Waals surface area contributed by atoms with E-state index in [2.05, 4.69) is 23.3 Å². The average Bonchev–Trinajstić information content (AvgIpc) is 2.99. The Morgan fingerprint density at radius 3 is 2.29 bits per heavy atom. The lowest BCUT2D eigenvalue weighted by atomic mass is 10.1. The zero-order valence-electron chi connectivity index (χ0n) is 11.6. The molecule has 3 nitrogen and oxygen atoms in total. The van der Waals surface area contributed by atoms with Gasteiger partial charge >= 0.3 is 0 Å². The summed E-state index contributed by atoms with van der Waals surface area (Å²) in [7, 11) is 0. The monoisotopic (exact) mass is 276 g/mol. The molecule has 0 saturated heterocycles. The van der Waals surface area contributed by atoms with Crippen molar-refractivity contribution in [2.45, 2.75) is 12.8 Å². The van der Waals surface area contributed by atoms with Gasteiger partial charge in [0.2, 0.25) is 0 Å². The van der Waals surface area contributed by atoms with Gasteiger partial charge in [-0.05, 0) is 24.6 Å². The van der Waals surface area contributed by atoms with Crippen LogP contribution < -0.4 is 0 Å². The molecule has 1 aromatic heterocycles. The number of carbonyl (C=O) groups excluding carboxylic acids is 1. The SMILES string of the molecule is O=CCCc1cc(-c2ccccc2)n(-c2ccccc2)n1. The minimum Gasteiger partial charge on any atom is -0.303 e. The third kappa shape index (κ3) is 2.92. The number of hydrogen-bond acceptors (Lipinski definition) is 2. The first-order valence-corrected chi connectivity index (χ1v) is 7.02. The van der Waals surface area contributed by atoms with Crippen molar-refractivity contribution < 1.29 is 4.79 Å². The first kappa shape index (κ1) is 13.3. The van der Waals surface area contributed by atoms with E-state index in [1.54, 1.807) is 0 Å². The summed E-state index contributed by atoms with van der Waals surface area (Å²) in [6, 6.07) is 22.3. The van der Waals surface area contributed by atoms with Crippen LogP contribution in [0, 0.1) is 0 Å². The second-order valence-corrected chi connectivity index (χ2v) is 4.84. The molecule has 0 bridgehead atoms. The number of para-hydroxylation sites is 1. The number of aryl methyl sites for hydroxylation is 1. The van der Waals surface area contributed by atoms with Gasteiger partial charge in [0.25, 0.3) is 0 Å². The lowest BCUT2D eigenvalue weighted by Gasteiger charge is -2.07. The quantitative estimate of drug-likeness (QED) is 0.666. The first-order chi connectivity index (χ1) is 10.4. The Hall–Kier alpha value is -2.68. The van der Waals surface area contributed by atoms with Gasteiger partial charge < -0.3 is 4.79 Å². The third-order valence-corrected chi connectivity index (χ3v) is 3.35. The Bertz CT molecular complexity index is 660. The van der Waals surface area contributed by atoms with Crippen molar-refractivity contribution in [2.24, 2.45) is 0 Å². The van der Waals surface area contributed by atoms with Gasteiger partial charge in [-0.2, -0.15) is 5.10 Å². The predicted octanol–water partition coefficient (Wildman–Crippen LogP) is 3.67. The number of aromatic nitrogens is 2. The van der Waals surface area contributed by atoms with Crippen molar-refractivity contribution in [1.82, 2.24) is 9.78 Å².